The first-order valence-corrected chi connectivity index (χ1v) is 7.30. The van der Waals surface area contributed by atoms with E-state index in [1.54, 1.807) is 13.1 Å². The van der Waals surface area contributed by atoms with E-state index in [1.807, 2.05) is 17.0 Å². The second-order valence-corrected chi connectivity index (χ2v) is 5.04. The summed E-state index contributed by atoms with van der Waals surface area (Å²) < 4.78 is 5.77. The predicted molar refractivity (Wildman–Crippen MR) is 79.0 cm³/mol. The largest absolute Gasteiger partial charge is 0.376 e. The summed E-state index contributed by atoms with van der Waals surface area (Å²) in [4.78, 5) is 18.6. The van der Waals surface area contributed by atoms with Gasteiger partial charge in [-0.05, 0) is 31.4 Å². The Morgan fingerprint density at radius 1 is 1.55 bits per heavy atom. The Hall–Kier alpha value is -1.62. The van der Waals surface area contributed by atoms with Crippen LogP contribution in [0.3, 0.4) is 0 Å². The van der Waals surface area contributed by atoms with Crippen molar-refractivity contribution in [2.24, 2.45) is 0 Å². The van der Waals surface area contributed by atoms with E-state index in [1.165, 1.54) is 0 Å². The summed E-state index contributed by atoms with van der Waals surface area (Å²) in [6.07, 6.45) is 3.20. The molecule has 2 heterocycles. The van der Waals surface area contributed by atoms with Crippen LogP contribution in [0.2, 0.25) is 0 Å². The van der Waals surface area contributed by atoms with Crippen LogP contribution in [0.4, 0.5) is 5.82 Å². The van der Waals surface area contributed by atoms with Crippen LogP contribution in [-0.2, 0) is 4.74 Å². The number of aromatic nitrogens is 1. The van der Waals surface area contributed by atoms with E-state index in [9.17, 15) is 4.79 Å². The Bertz CT molecular complexity index is 450. The Kier molecular flexibility index (Phi) is 5.35. The van der Waals surface area contributed by atoms with Crippen molar-refractivity contribution in [2.45, 2.75) is 32.3 Å². The van der Waals surface area contributed by atoms with Crippen LogP contribution < -0.4 is 5.32 Å². The number of amides is 1. The fraction of sp³-hybridized carbons (Fsp3) is 0.600. The molecule has 110 valence electrons. The van der Waals surface area contributed by atoms with E-state index in [0.29, 0.717) is 18.1 Å². The molecule has 1 aliphatic heterocycles. The summed E-state index contributed by atoms with van der Waals surface area (Å²) in [5, 5.41) is 2.96. The normalized spacial score (nSPS) is 18.9. The second kappa shape index (κ2) is 7.24. The minimum atomic E-state index is -0.00750. The number of likely N-dealkylation sites (tertiary alicyclic amines) is 1. The van der Waals surface area contributed by atoms with Gasteiger partial charge in [0, 0.05) is 26.7 Å². The molecule has 1 aromatic rings. The van der Waals surface area contributed by atoms with Crippen LogP contribution in [0.1, 0.15) is 36.7 Å². The fourth-order valence-corrected chi connectivity index (χ4v) is 2.40. The van der Waals surface area contributed by atoms with Crippen molar-refractivity contribution in [2.75, 3.05) is 32.1 Å². The standard InChI is InChI=1S/C15H23N3O2/c1-3-10-20-12-6-5-9-18(11-12)15(19)13-7-4-8-14(16-2)17-13/h4,7-8,12H,3,5-6,9-11H2,1-2H3,(H,16,17). The highest BCUT2D eigenvalue weighted by Gasteiger charge is 2.25. The van der Waals surface area contributed by atoms with Crippen molar-refractivity contribution in [1.82, 2.24) is 9.88 Å². The number of carbonyl (C=O) groups excluding carboxylic acids is 1. The van der Waals surface area contributed by atoms with Crippen molar-refractivity contribution >= 4 is 11.7 Å². The quantitative estimate of drug-likeness (QED) is 0.896. The third-order valence-corrected chi connectivity index (χ3v) is 3.45. The summed E-state index contributed by atoms with van der Waals surface area (Å²) in [6, 6.07) is 5.46. The van der Waals surface area contributed by atoms with Gasteiger partial charge in [0.25, 0.3) is 5.91 Å². The summed E-state index contributed by atoms with van der Waals surface area (Å²) in [6.45, 7) is 4.32. The molecule has 20 heavy (non-hydrogen) atoms. The van der Waals surface area contributed by atoms with Gasteiger partial charge in [-0.2, -0.15) is 0 Å². The monoisotopic (exact) mass is 277 g/mol. The number of nitrogens with zero attached hydrogens (tertiary/aromatic N) is 2. The smallest absolute Gasteiger partial charge is 0.272 e. The lowest BCUT2D eigenvalue weighted by atomic mass is 10.1. The molecule has 0 bridgehead atoms. The molecule has 0 spiro atoms. The average Bonchev–Trinajstić information content (AvgIpc) is 2.52. The number of ether oxygens (including phenoxy) is 1. The van der Waals surface area contributed by atoms with Gasteiger partial charge in [0.15, 0.2) is 0 Å². The number of hydrogen-bond donors (Lipinski definition) is 1. The number of nitrogens with one attached hydrogen (secondary N) is 1. The first-order chi connectivity index (χ1) is 9.74. The molecule has 5 nitrogen and oxygen atoms in total. The third kappa shape index (κ3) is 3.70. The maximum absolute atomic E-state index is 12.5. The first kappa shape index (κ1) is 14.8. The highest BCUT2D eigenvalue weighted by Crippen LogP contribution is 2.16. The van der Waals surface area contributed by atoms with Gasteiger partial charge >= 0.3 is 0 Å². The molecule has 5 heteroatoms. The van der Waals surface area contributed by atoms with Crippen molar-refractivity contribution in [3.05, 3.63) is 23.9 Å². The Morgan fingerprint density at radius 3 is 3.15 bits per heavy atom. The van der Waals surface area contributed by atoms with Crippen molar-refractivity contribution in [1.29, 1.82) is 0 Å². The van der Waals surface area contributed by atoms with Gasteiger partial charge in [-0.3, -0.25) is 4.79 Å². The number of anilines is 1. The Balaban J connectivity index is 2.00. The molecule has 1 unspecified atom stereocenters. The SMILES string of the molecule is CCCOC1CCCN(C(=O)c2cccc(NC)n2)C1. The summed E-state index contributed by atoms with van der Waals surface area (Å²) in [5.41, 5.74) is 0.494. The zero-order chi connectivity index (χ0) is 14.4. The lowest BCUT2D eigenvalue weighted by molar-refractivity contribution is 0.00193. The molecule has 0 radical (unpaired) electrons. The molecule has 0 aliphatic carbocycles. The minimum Gasteiger partial charge on any atom is -0.376 e. The van der Waals surface area contributed by atoms with Gasteiger partial charge < -0.3 is 15.0 Å². The molecule has 1 fully saturated rings. The Labute approximate surface area is 120 Å². The van der Waals surface area contributed by atoms with Crippen molar-refractivity contribution in [3.63, 3.8) is 0 Å². The van der Waals surface area contributed by atoms with E-state index in [-0.39, 0.29) is 12.0 Å². The summed E-state index contributed by atoms with van der Waals surface area (Å²) in [7, 11) is 1.80. The Morgan fingerprint density at radius 2 is 2.40 bits per heavy atom. The van der Waals surface area contributed by atoms with E-state index >= 15 is 0 Å². The highest BCUT2D eigenvalue weighted by molar-refractivity contribution is 5.92. The van der Waals surface area contributed by atoms with Crippen LogP contribution in [0.25, 0.3) is 0 Å². The van der Waals surface area contributed by atoms with E-state index < -0.39 is 0 Å². The van der Waals surface area contributed by atoms with E-state index in [0.717, 1.165) is 32.4 Å². The number of rotatable bonds is 5. The summed E-state index contributed by atoms with van der Waals surface area (Å²) >= 11 is 0. The maximum Gasteiger partial charge on any atom is 0.272 e. The lowest BCUT2D eigenvalue weighted by Gasteiger charge is -2.32. The molecule has 0 aromatic carbocycles. The van der Waals surface area contributed by atoms with Gasteiger partial charge in [-0.25, -0.2) is 4.98 Å². The molecule has 2 rings (SSSR count). The topological polar surface area (TPSA) is 54.5 Å². The molecule has 1 atom stereocenters. The van der Waals surface area contributed by atoms with Crippen LogP contribution >= 0.6 is 0 Å². The van der Waals surface area contributed by atoms with Gasteiger partial charge in [-0.15, -0.1) is 0 Å². The van der Waals surface area contributed by atoms with Gasteiger partial charge in [0.1, 0.15) is 11.5 Å². The van der Waals surface area contributed by atoms with Crippen LogP contribution in [0.15, 0.2) is 18.2 Å². The molecule has 1 aromatic heterocycles. The molecule has 1 aliphatic rings. The zero-order valence-corrected chi connectivity index (χ0v) is 12.3. The van der Waals surface area contributed by atoms with Crippen LogP contribution in [0.5, 0.6) is 0 Å². The predicted octanol–water partition coefficient (Wildman–Crippen LogP) is 2.15. The second-order valence-electron chi connectivity index (χ2n) is 5.04. The highest BCUT2D eigenvalue weighted by atomic mass is 16.5. The average molecular weight is 277 g/mol. The number of hydrogen-bond acceptors (Lipinski definition) is 4. The lowest BCUT2D eigenvalue weighted by Crippen LogP contribution is -2.43. The molecule has 0 saturated carbocycles. The summed E-state index contributed by atoms with van der Waals surface area (Å²) in [5.74, 6) is 0.707. The van der Waals surface area contributed by atoms with Gasteiger partial charge in [-0.1, -0.05) is 13.0 Å². The first-order valence-electron chi connectivity index (χ1n) is 7.30. The molecule has 1 amide bonds. The van der Waals surface area contributed by atoms with Gasteiger partial charge in [0.2, 0.25) is 0 Å². The van der Waals surface area contributed by atoms with Gasteiger partial charge in [0.05, 0.1) is 6.10 Å². The fourth-order valence-electron chi connectivity index (χ4n) is 2.40. The number of carbonyl (C=O) groups is 1. The number of pyridine rings is 1. The van der Waals surface area contributed by atoms with Crippen molar-refractivity contribution < 1.29 is 9.53 Å². The molecular weight excluding hydrogens is 254 g/mol. The number of piperidine rings is 1. The van der Waals surface area contributed by atoms with Crippen molar-refractivity contribution in [3.8, 4) is 0 Å². The minimum absolute atomic E-state index is 0.00750. The van der Waals surface area contributed by atoms with E-state index in [4.69, 9.17) is 4.74 Å². The van der Waals surface area contributed by atoms with Crippen LogP contribution in [-0.4, -0.2) is 48.6 Å². The molecular formula is C15H23N3O2. The van der Waals surface area contributed by atoms with Crippen LogP contribution in [0, 0.1) is 0 Å². The third-order valence-electron chi connectivity index (χ3n) is 3.45. The molecule has 1 N–H and O–H groups in total. The molecule has 1 saturated heterocycles. The zero-order valence-electron chi connectivity index (χ0n) is 12.3. The van der Waals surface area contributed by atoms with E-state index in [2.05, 4.69) is 17.2 Å². The maximum atomic E-state index is 12.5.